The molecule has 1 saturated heterocycles. The van der Waals surface area contributed by atoms with Gasteiger partial charge in [-0.15, -0.1) is 0 Å². The number of phenolic OH excluding ortho intramolecular Hbond substituents is 7. The van der Waals surface area contributed by atoms with Crippen LogP contribution >= 0.6 is 0 Å². The van der Waals surface area contributed by atoms with Crippen LogP contribution in [0.5, 0.6) is 51.7 Å². The second kappa shape index (κ2) is 9.39. The van der Waals surface area contributed by atoms with Gasteiger partial charge >= 0.3 is 0 Å². The summed E-state index contributed by atoms with van der Waals surface area (Å²) < 4.78 is 10.0. The fourth-order valence-corrected chi connectivity index (χ4v) is 5.43. The fourth-order valence-electron chi connectivity index (χ4n) is 5.43. The number of aliphatic hydroxyl groups is 4. The predicted molar refractivity (Wildman–Crippen MR) is 127 cm³/mol. The third-order valence-electron chi connectivity index (χ3n) is 7.52. The number of ketones is 1. The van der Waals surface area contributed by atoms with Crippen LogP contribution in [0.25, 0.3) is 0 Å². The number of rotatable bonds is 6. The lowest BCUT2D eigenvalue weighted by Gasteiger charge is -2.41. The average Bonchev–Trinajstić information content (AvgIpc) is 3.09. The molecule has 2 aromatic rings. The van der Waals surface area contributed by atoms with Gasteiger partial charge in [0.1, 0.15) is 5.56 Å². The standard InChI is InChI=1S/C24H29NO14/c1-38-21-14(27)10-11(17(30)22(21)39-2)23(34,35)9(13(10)26)7-8-3-5-25(6-4-8)24(36,37)12-15(28)18(31)20(33)19(32)16(12)29/h8-9,27-37H,3-7H2,1-2H3. The monoisotopic (exact) mass is 555 g/mol. The van der Waals surface area contributed by atoms with E-state index in [9.17, 15) is 61.0 Å². The van der Waals surface area contributed by atoms with Crippen molar-refractivity contribution in [2.75, 3.05) is 27.3 Å². The summed E-state index contributed by atoms with van der Waals surface area (Å²) in [5, 5.41) is 114. The molecule has 1 heterocycles. The summed E-state index contributed by atoms with van der Waals surface area (Å²) in [7, 11) is 2.30. The summed E-state index contributed by atoms with van der Waals surface area (Å²) in [6, 6.07) is 0. The van der Waals surface area contributed by atoms with Crippen molar-refractivity contribution < 1.29 is 70.4 Å². The first kappa shape index (κ1) is 28.1. The largest absolute Gasteiger partial charge is 0.504 e. The van der Waals surface area contributed by atoms with Crippen LogP contribution in [0.1, 0.15) is 40.7 Å². The Morgan fingerprint density at radius 2 is 1.26 bits per heavy atom. The SMILES string of the molecule is COc1c(O)c2c(c(O)c1OC)C(O)(O)C(CC1CCN(C(O)(O)c3c(O)c(O)c(O)c(O)c3O)CC1)C2=O. The Morgan fingerprint density at radius 1 is 0.795 bits per heavy atom. The Balaban J connectivity index is 1.56. The number of carbonyl (C=O) groups is 1. The molecule has 214 valence electrons. The van der Waals surface area contributed by atoms with E-state index in [1.54, 1.807) is 0 Å². The Bertz CT molecular complexity index is 1300. The first-order chi connectivity index (χ1) is 18.1. The van der Waals surface area contributed by atoms with Gasteiger partial charge in [0.2, 0.25) is 34.5 Å². The molecule has 39 heavy (non-hydrogen) atoms. The van der Waals surface area contributed by atoms with Crippen LogP contribution in [0.2, 0.25) is 0 Å². The van der Waals surface area contributed by atoms with Crippen molar-refractivity contribution in [3.63, 3.8) is 0 Å². The van der Waals surface area contributed by atoms with Gasteiger partial charge in [0.25, 0.3) is 5.91 Å². The molecule has 1 fully saturated rings. The zero-order valence-corrected chi connectivity index (χ0v) is 20.8. The van der Waals surface area contributed by atoms with Crippen LogP contribution in [0, 0.1) is 11.8 Å². The molecule has 0 spiro atoms. The van der Waals surface area contributed by atoms with Gasteiger partial charge in [-0.05, 0) is 25.2 Å². The normalized spacial score (nSPS) is 19.7. The van der Waals surface area contributed by atoms with Crippen LogP contribution in [-0.4, -0.2) is 94.2 Å². The van der Waals surface area contributed by atoms with Crippen LogP contribution in [0.4, 0.5) is 0 Å². The summed E-state index contributed by atoms with van der Waals surface area (Å²) in [5.74, 6) is -17.5. The lowest BCUT2D eigenvalue weighted by molar-refractivity contribution is -0.282. The summed E-state index contributed by atoms with van der Waals surface area (Å²) in [4.78, 5) is 14.2. The molecule has 11 N–H and O–H groups in total. The van der Waals surface area contributed by atoms with E-state index in [1.165, 1.54) is 0 Å². The minimum Gasteiger partial charge on any atom is -0.504 e. The van der Waals surface area contributed by atoms with E-state index in [-0.39, 0.29) is 38.1 Å². The van der Waals surface area contributed by atoms with E-state index >= 15 is 0 Å². The maximum Gasteiger partial charge on any atom is 0.261 e. The second-order valence-electron chi connectivity index (χ2n) is 9.58. The van der Waals surface area contributed by atoms with E-state index in [4.69, 9.17) is 9.47 Å². The minimum atomic E-state index is -3.12. The van der Waals surface area contributed by atoms with Crippen LogP contribution in [0.3, 0.4) is 0 Å². The zero-order chi connectivity index (χ0) is 29.2. The summed E-state index contributed by atoms with van der Waals surface area (Å²) >= 11 is 0. The quantitative estimate of drug-likeness (QED) is 0.122. The number of phenols is 7. The lowest BCUT2D eigenvalue weighted by atomic mass is 9.82. The van der Waals surface area contributed by atoms with Crippen LogP contribution in [-0.2, 0) is 11.7 Å². The number of carbonyl (C=O) groups excluding carboxylic acids is 1. The molecular formula is C24H29NO14. The number of fused-ring (bicyclic) bond motifs is 1. The summed E-state index contributed by atoms with van der Waals surface area (Å²) in [6.07, 6.45) is 0.0987. The molecular weight excluding hydrogens is 526 g/mol. The van der Waals surface area contributed by atoms with Crippen molar-refractivity contribution in [1.29, 1.82) is 0 Å². The Kier molecular flexibility index (Phi) is 6.77. The highest BCUT2D eigenvalue weighted by atomic mass is 16.5. The minimum absolute atomic E-state index is 0.126. The molecule has 15 heteroatoms. The van der Waals surface area contributed by atoms with Crippen molar-refractivity contribution in [3.8, 4) is 51.7 Å². The predicted octanol–water partition coefficient (Wildman–Crippen LogP) is -0.510. The van der Waals surface area contributed by atoms with E-state index in [2.05, 4.69) is 0 Å². The summed E-state index contributed by atoms with van der Waals surface area (Å²) in [5.41, 5.74) is -2.23. The maximum absolute atomic E-state index is 13.2. The van der Waals surface area contributed by atoms with Gasteiger partial charge in [-0.25, -0.2) is 4.90 Å². The molecule has 0 radical (unpaired) electrons. The number of hydrogen-bond acceptors (Lipinski definition) is 15. The first-order valence-corrected chi connectivity index (χ1v) is 11.7. The van der Waals surface area contributed by atoms with Crippen molar-refractivity contribution in [3.05, 3.63) is 16.7 Å². The molecule has 4 rings (SSSR count). The Morgan fingerprint density at radius 3 is 1.74 bits per heavy atom. The zero-order valence-electron chi connectivity index (χ0n) is 20.8. The van der Waals surface area contributed by atoms with Gasteiger partial charge in [0, 0.05) is 13.1 Å². The van der Waals surface area contributed by atoms with Crippen molar-refractivity contribution in [2.45, 2.75) is 31.0 Å². The molecule has 1 atom stereocenters. The van der Waals surface area contributed by atoms with Crippen molar-refractivity contribution in [1.82, 2.24) is 4.90 Å². The third kappa shape index (κ3) is 3.97. The lowest BCUT2D eigenvalue weighted by Crippen LogP contribution is -2.50. The fraction of sp³-hybridized carbons (Fsp3) is 0.458. The molecule has 15 nitrogen and oxygen atoms in total. The molecule has 0 saturated carbocycles. The number of aromatic hydroxyl groups is 7. The average molecular weight is 555 g/mol. The highest BCUT2D eigenvalue weighted by Crippen LogP contribution is 2.58. The van der Waals surface area contributed by atoms with Crippen LogP contribution in [0.15, 0.2) is 0 Å². The van der Waals surface area contributed by atoms with Gasteiger partial charge in [0.15, 0.2) is 28.8 Å². The van der Waals surface area contributed by atoms with E-state index < -0.39 is 92.0 Å². The number of benzene rings is 2. The molecule has 2 aromatic carbocycles. The number of nitrogens with zero attached hydrogens (tertiary/aromatic N) is 1. The molecule has 1 unspecified atom stereocenters. The van der Waals surface area contributed by atoms with Gasteiger partial charge < -0.3 is 65.6 Å². The molecule has 0 amide bonds. The van der Waals surface area contributed by atoms with E-state index in [1.807, 2.05) is 0 Å². The second-order valence-corrected chi connectivity index (χ2v) is 9.58. The van der Waals surface area contributed by atoms with Crippen molar-refractivity contribution >= 4 is 5.78 Å². The number of hydrogen-bond donors (Lipinski definition) is 11. The van der Waals surface area contributed by atoms with Gasteiger partial charge in [-0.2, -0.15) is 0 Å². The first-order valence-electron chi connectivity index (χ1n) is 11.7. The number of ether oxygens (including phenoxy) is 2. The number of methoxy groups -OCH3 is 2. The molecule has 1 aliphatic carbocycles. The number of likely N-dealkylation sites (tertiary alicyclic amines) is 1. The maximum atomic E-state index is 13.2. The van der Waals surface area contributed by atoms with E-state index in [0.29, 0.717) is 0 Å². The third-order valence-corrected chi connectivity index (χ3v) is 7.52. The number of piperidine rings is 1. The van der Waals surface area contributed by atoms with Gasteiger partial charge in [-0.1, -0.05) is 0 Å². The molecule has 0 aromatic heterocycles. The van der Waals surface area contributed by atoms with Crippen LogP contribution < -0.4 is 9.47 Å². The number of Topliss-reactive ketones (excluding diaryl/α,β-unsaturated/α-hetero) is 1. The smallest absolute Gasteiger partial charge is 0.261 e. The highest BCUT2D eigenvalue weighted by molar-refractivity contribution is 6.07. The Labute approximate surface area is 220 Å². The summed E-state index contributed by atoms with van der Waals surface area (Å²) in [6.45, 7) is -0.288. The molecule has 2 aliphatic rings. The topological polar surface area (TPSA) is 261 Å². The molecule has 1 aliphatic heterocycles. The van der Waals surface area contributed by atoms with Gasteiger partial charge in [0.05, 0.1) is 31.3 Å². The van der Waals surface area contributed by atoms with E-state index in [0.717, 1.165) is 19.1 Å². The van der Waals surface area contributed by atoms with Crippen molar-refractivity contribution in [2.24, 2.45) is 11.8 Å². The highest BCUT2D eigenvalue weighted by Gasteiger charge is 2.56. The molecule has 0 bridgehead atoms. The Hall–Kier alpha value is -3.89. The van der Waals surface area contributed by atoms with Gasteiger partial charge in [-0.3, -0.25) is 4.79 Å².